The quantitative estimate of drug-likeness (QED) is 0.467. The molecule has 0 bridgehead atoms. The summed E-state index contributed by atoms with van der Waals surface area (Å²) >= 11 is 0. The molecule has 17 heavy (non-hydrogen) atoms. The number of ether oxygens (including phenoxy) is 1. The van der Waals surface area contributed by atoms with Crippen LogP contribution in [0.15, 0.2) is 18.2 Å². The largest absolute Gasteiger partial charge is 0.371 e. The lowest BCUT2D eigenvalue weighted by Gasteiger charge is -2.07. The summed E-state index contributed by atoms with van der Waals surface area (Å²) in [6, 6.07) is 3.47. The maximum Gasteiger partial charge on any atom is 0.265 e. The summed E-state index contributed by atoms with van der Waals surface area (Å²) in [4.78, 5) is 11.1. The summed E-state index contributed by atoms with van der Waals surface area (Å²) in [5, 5.41) is 0. The van der Waals surface area contributed by atoms with Crippen molar-refractivity contribution < 1.29 is 22.7 Å². The molecule has 4 nitrogen and oxygen atoms in total. The molecule has 0 aliphatic heterocycles. The van der Waals surface area contributed by atoms with E-state index in [-0.39, 0.29) is 17.7 Å². The third-order valence-corrected chi connectivity index (χ3v) is 1.94. The Balaban J connectivity index is 2.73. The maximum atomic E-state index is 13.2. The number of carbonyl (C=O) groups excluding carboxylic acids is 1. The molecule has 0 radical (unpaired) electrons. The van der Waals surface area contributed by atoms with Gasteiger partial charge in [-0.05, 0) is 18.2 Å². The van der Waals surface area contributed by atoms with E-state index in [0.717, 1.165) is 6.07 Å². The lowest BCUT2D eigenvalue weighted by Crippen LogP contribution is -2.30. The van der Waals surface area contributed by atoms with Crippen LogP contribution in [0.1, 0.15) is 15.9 Å². The second-order valence-electron chi connectivity index (χ2n) is 3.19. The van der Waals surface area contributed by atoms with Gasteiger partial charge in [-0.15, -0.1) is 0 Å². The topological polar surface area (TPSA) is 64.3 Å². The molecule has 3 N–H and O–H groups in total. The lowest BCUT2D eigenvalue weighted by atomic mass is 10.1. The average molecular weight is 248 g/mol. The third-order valence-electron chi connectivity index (χ3n) is 1.94. The number of hydrogen-bond acceptors (Lipinski definition) is 3. The fourth-order valence-electron chi connectivity index (χ4n) is 1.17. The number of carbonyl (C=O) groups is 1. The lowest BCUT2D eigenvalue weighted by molar-refractivity contribution is 0.00899. The Morgan fingerprint density at radius 1 is 1.47 bits per heavy atom. The first-order chi connectivity index (χ1) is 8.04. The van der Waals surface area contributed by atoms with Crippen molar-refractivity contribution in [2.75, 3.05) is 6.61 Å². The maximum absolute atomic E-state index is 13.2. The number of hydrogen-bond donors (Lipinski definition) is 2. The first kappa shape index (κ1) is 13.5. The monoisotopic (exact) mass is 248 g/mol. The van der Waals surface area contributed by atoms with Crippen molar-refractivity contribution in [3.05, 3.63) is 35.1 Å². The summed E-state index contributed by atoms with van der Waals surface area (Å²) in [7, 11) is 0. The van der Waals surface area contributed by atoms with Gasteiger partial charge < -0.3 is 4.74 Å². The van der Waals surface area contributed by atoms with Crippen molar-refractivity contribution in [3.8, 4) is 0 Å². The summed E-state index contributed by atoms with van der Waals surface area (Å²) in [6.45, 7) is -1.12. The summed E-state index contributed by atoms with van der Waals surface area (Å²) in [6.07, 6.45) is -2.62. The SMILES string of the molecule is NNC(=O)c1ccc(F)c(COCC(F)F)c1. The molecule has 0 unspecified atom stereocenters. The fraction of sp³-hybridized carbons (Fsp3) is 0.300. The van der Waals surface area contributed by atoms with Gasteiger partial charge in [0.15, 0.2) is 0 Å². The fourth-order valence-corrected chi connectivity index (χ4v) is 1.17. The highest BCUT2D eigenvalue weighted by atomic mass is 19.3. The molecule has 7 heteroatoms. The molecule has 1 aromatic rings. The van der Waals surface area contributed by atoms with Gasteiger partial charge in [-0.2, -0.15) is 0 Å². The van der Waals surface area contributed by atoms with Crippen molar-refractivity contribution in [3.63, 3.8) is 0 Å². The molecule has 94 valence electrons. The molecular weight excluding hydrogens is 237 g/mol. The van der Waals surface area contributed by atoms with E-state index < -0.39 is 24.8 Å². The Hall–Kier alpha value is -1.60. The van der Waals surface area contributed by atoms with E-state index in [2.05, 4.69) is 4.74 Å². The van der Waals surface area contributed by atoms with Crippen LogP contribution in [0.5, 0.6) is 0 Å². The summed E-state index contributed by atoms with van der Waals surface area (Å²) in [5.41, 5.74) is 2.03. The van der Waals surface area contributed by atoms with Crippen molar-refractivity contribution in [2.45, 2.75) is 13.0 Å². The Kier molecular flexibility index (Phi) is 4.92. The van der Waals surface area contributed by atoms with E-state index in [4.69, 9.17) is 5.84 Å². The van der Waals surface area contributed by atoms with Gasteiger partial charge in [-0.25, -0.2) is 19.0 Å². The zero-order valence-corrected chi connectivity index (χ0v) is 8.75. The number of nitrogens with two attached hydrogens (primary N) is 1. The van der Waals surface area contributed by atoms with E-state index in [1.807, 2.05) is 5.43 Å². The van der Waals surface area contributed by atoms with Gasteiger partial charge in [-0.1, -0.05) is 0 Å². The highest BCUT2D eigenvalue weighted by Crippen LogP contribution is 2.12. The molecular formula is C10H11F3N2O2. The zero-order valence-electron chi connectivity index (χ0n) is 8.75. The van der Waals surface area contributed by atoms with E-state index >= 15 is 0 Å². The third kappa shape index (κ3) is 4.04. The van der Waals surface area contributed by atoms with E-state index in [1.54, 1.807) is 0 Å². The van der Waals surface area contributed by atoms with Crippen LogP contribution in [0.25, 0.3) is 0 Å². The van der Waals surface area contributed by atoms with Crippen molar-refractivity contribution in [2.24, 2.45) is 5.84 Å². The van der Waals surface area contributed by atoms with Gasteiger partial charge in [0, 0.05) is 11.1 Å². The van der Waals surface area contributed by atoms with E-state index in [0.29, 0.717) is 0 Å². The smallest absolute Gasteiger partial charge is 0.265 e. The van der Waals surface area contributed by atoms with E-state index in [1.165, 1.54) is 12.1 Å². The molecule has 0 spiro atoms. The molecule has 0 aliphatic rings. The number of halogens is 3. The van der Waals surface area contributed by atoms with Crippen LogP contribution in [0.3, 0.4) is 0 Å². The highest BCUT2D eigenvalue weighted by Gasteiger charge is 2.10. The summed E-state index contributed by atoms with van der Waals surface area (Å²) in [5.74, 6) is 3.68. The molecule has 1 aromatic carbocycles. The minimum absolute atomic E-state index is 0.0201. The number of rotatable bonds is 5. The Labute approximate surface area is 95.5 Å². The van der Waals surface area contributed by atoms with Crippen LogP contribution < -0.4 is 11.3 Å². The van der Waals surface area contributed by atoms with Gasteiger partial charge in [0.25, 0.3) is 12.3 Å². The molecule has 1 rings (SSSR count). The van der Waals surface area contributed by atoms with Gasteiger partial charge in [0.2, 0.25) is 0 Å². The molecule has 0 heterocycles. The predicted molar refractivity (Wildman–Crippen MR) is 53.7 cm³/mol. The van der Waals surface area contributed by atoms with Crippen LogP contribution in [-0.2, 0) is 11.3 Å². The first-order valence-corrected chi connectivity index (χ1v) is 4.70. The van der Waals surface area contributed by atoms with Crippen molar-refractivity contribution in [1.29, 1.82) is 0 Å². The van der Waals surface area contributed by atoms with Gasteiger partial charge in [0.1, 0.15) is 12.4 Å². The Morgan fingerprint density at radius 2 is 2.18 bits per heavy atom. The minimum atomic E-state index is -2.62. The molecule has 0 atom stereocenters. The van der Waals surface area contributed by atoms with Crippen LogP contribution in [-0.4, -0.2) is 18.9 Å². The van der Waals surface area contributed by atoms with Gasteiger partial charge >= 0.3 is 0 Å². The normalized spacial score (nSPS) is 10.6. The predicted octanol–water partition coefficient (Wildman–Crippen LogP) is 1.21. The number of alkyl halides is 2. The zero-order chi connectivity index (χ0) is 12.8. The standard InChI is InChI=1S/C10H11F3N2O2/c11-8-2-1-6(10(16)15-14)3-7(8)4-17-5-9(12)13/h1-3,9H,4-5,14H2,(H,15,16). The van der Waals surface area contributed by atoms with Crippen LogP contribution >= 0.6 is 0 Å². The number of hydrazine groups is 1. The number of nitrogens with one attached hydrogen (secondary N) is 1. The molecule has 0 aromatic heterocycles. The number of benzene rings is 1. The molecule has 0 saturated heterocycles. The van der Waals surface area contributed by atoms with Gasteiger partial charge in [0.05, 0.1) is 6.61 Å². The molecule has 1 amide bonds. The van der Waals surface area contributed by atoms with Crippen LogP contribution in [0, 0.1) is 5.82 Å². The number of nitrogen functional groups attached to an aromatic ring is 1. The Bertz CT molecular complexity index is 399. The minimum Gasteiger partial charge on any atom is -0.371 e. The highest BCUT2D eigenvalue weighted by molar-refractivity contribution is 5.93. The second-order valence-corrected chi connectivity index (χ2v) is 3.19. The van der Waals surface area contributed by atoms with Gasteiger partial charge in [-0.3, -0.25) is 10.2 Å². The van der Waals surface area contributed by atoms with Crippen molar-refractivity contribution >= 4 is 5.91 Å². The molecule has 0 fully saturated rings. The van der Waals surface area contributed by atoms with Crippen molar-refractivity contribution in [1.82, 2.24) is 5.43 Å². The summed E-state index contributed by atoms with van der Waals surface area (Å²) < 4.78 is 41.4. The molecule has 0 aliphatic carbocycles. The van der Waals surface area contributed by atoms with E-state index in [9.17, 15) is 18.0 Å². The number of amides is 1. The van der Waals surface area contributed by atoms with Crippen LogP contribution in [0.2, 0.25) is 0 Å². The molecule has 0 saturated carbocycles. The average Bonchev–Trinajstić information content (AvgIpc) is 2.30. The first-order valence-electron chi connectivity index (χ1n) is 4.70. The van der Waals surface area contributed by atoms with Crippen LogP contribution in [0.4, 0.5) is 13.2 Å². The Morgan fingerprint density at radius 3 is 2.76 bits per heavy atom. The second kappa shape index (κ2) is 6.21.